The molecular weight excluding hydrogens is 290 g/mol. The smallest absolute Gasteiger partial charge is 0.263 e. The van der Waals surface area contributed by atoms with Gasteiger partial charge in [0, 0.05) is 6.04 Å². The fourth-order valence-electron chi connectivity index (χ4n) is 3.30. The summed E-state index contributed by atoms with van der Waals surface area (Å²) in [5.74, 6) is 1.35. The minimum Gasteiger partial charge on any atom is -0.353 e. The van der Waals surface area contributed by atoms with Gasteiger partial charge in [-0.25, -0.2) is 4.68 Å². The highest BCUT2D eigenvalue weighted by Gasteiger charge is 2.21. The molecule has 1 aliphatic carbocycles. The van der Waals surface area contributed by atoms with E-state index in [1.54, 1.807) is 6.20 Å². The van der Waals surface area contributed by atoms with Crippen molar-refractivity contribution in [2.24, 2.45) is 5.92 Å². The summed E-state index contributed by atoms with van der Waals surface area (Å²) < 4.78 is 1.82. The maximum absolute atomic E-state index is 12.3. The Hall–Kier alpha value is -1.85. The molecule has 0 aromatic carbocycles. The van der Waals surface area contributed by atoms with Crippen molar-refractivity contribution in [1.29, 1.82) is 0 Å². The molecule has 2 N–H and O–H groups in total. The molecule has 126 valence electrons. The predicted octanol–water partition coefficient (Wildman–Crippen LogP) is 3.26. The quantitative estimate of drug-likeness (QED) is 0.834. The van der Waals surface area contributed by atoms with Crippen molar-refractivity contribution in [3.8, 4) is 0 Å². The van der Waals surface area contributed by atoms with E-state index in [0.717, 1.165) is 18.8 Å². The van der Waals surface area contributed by atoms with Crippen LogP contribution in [0.5, 0.6) is 0 Å². The first kappa shape index (κ1) is 16.0. The number of aromatic nitrogens is 4. The van der Waals surface area contributed by atoms with E-state index in [4.69, 9.17) is 0 Å². The monoisotopic (exact) mass is 317 g/mol. The van der Waals surface area contributed by atoms with Crippen LogP contribution in [0.3, 0.4) is 0 Å². The number of hydrogen-bond donors (Lipinski definition) is 2. The molecule has 0 aliphatic heterocycles. The predicted molar refractivity (Wildman–Crippen MR) is 92.8 cm³/mol. The Labute approximate surface area is 136 Å². The summed E-state index contributed by atoms with van der Waals surface area (Å²) in [5, 5.41) is 8.32. The second-order valence-corrected chi connectivity index (χ2v) is 7.83. The Kier molecular flexibility index (Phi) is 4.17. The van der Waals surface area contributed by atoms with E-state index in [1.165, 1.54) is 19.3 Å². The molecule has 3 rings (SSSR count). The molecule has 0 bridgehead atoms. The fourth-order valence-corrected chi connectivity index (χ4v) is 3.30. The molecule has 6 heteroatoms. The molecule has 1 aliphatic rings. The third-order valence-electron chi connectivity index (χ3n) is 4.67. The highest BCUT2D eigenvalue weighted by atomic mass is 16.1. The van der Waals surface area contributed by atoms with E-state index in [1.807, 2.05) is 4.68 Å². The maximum atomic E-state index is 12.3. The molecule has 0 spiro atoms. The van der Waals surface area contributed by atoms with E-state index in [0.29, 0.717) is 23.0 Å². The van der Waals surface area contributed by atoms with Gasteiger partial charge in [-0.2, -0.15) is 10.1 Å². The molecule has 6 nitrogen and oxygen atoms in total. The first-order chi connectivity index (χ1) is 10.8. The second-order valence-electron chi connectivity index (χ2n) is 7.83. The fraction of sp³-hybridized carbons (Fsp3) is 0.706. The standard InChI is InChI=1S/C17H27N5O/c1-11-6-5-7-12(9-8-11)19-16-20-14-13(15(23)21-16)10-18-22(14)17(2,3)4/h10-12H,5-9H2,1-4H3,(H2,19,20,21,23). The van der Waals surface area contributed by atoms with Gasteiger partial charge in [0.1, 0.15) is 5.39 Å². The van der Waals surface area contributed by atoms with Gasteiger partial charge >= 0.3 is 0 Å². The average Bonchev–Trinajstić information content (AvgIpc) is 2.79. The van der Waals surface area contributed by atoms with Crippen molar-refractivity contribution in [1.82, 2.24) is 19.7 Å². The molecule has 23 heavy (non-hydrogen) atoms. The zero-order valence-corrected chi connectivity index (χ0v) is 14.5. The Morgan fingerprint density at radius 2 is 2.04 bits per heavy atom. The number of fused-ring (bicyclic) bond motifs is 1. The van der Waals surface area contributed by atoms with E-state index in [-0.39, 0.29) is 11.1 Å². The van der Waals surface area contributed by atoms with Crippen LogP contribution in [0, 0.1) is 5.92 Å². The Morgan fingerprint density at radius 3 is 2.78 bits per heavy atom. The SMILES string of the molecule is CC1CCCC(Nc2nc3c(cnn3C(C)(C)C)c(=O)[nH]2)CC1. The average molecular weight is 317 g/mol. The molecule has 2 aromatic rings. The third-order valence-corrected chi connectivity index (χ3v) is 4.67. The van der Waals surface area contributed by atoms with Gasteiger partial charge in [0.15, 0.2) is 5.65 Å². The van der Waals surface area contributed by atoms with Gasteiger partial charge in [0.2, 0.25) is 5.95 Å². The largest absolute Gasteiger partial charge is 0.353 e. The van der Waals surface area contributed by atoms with E-state index < -0.39 is 0 Å². The first-order valence-electron chi connectivity index (χ1n) is 8.59. The van der Waals surface area contributed by atoms with E-state index >= 15 is 0 Å². The van der Waals surface area contributed by atoms with Gasteiger partial charge in [0.25, 0.3) is 5.56 Å². The normalized spacial score (nSPS) is 23.0. The second kappa shape index (κ2) is 5.98. The van der Waals surface area contributed by atoms with Crippen LogP contribution < -0.4 is 10.9 Å². The highest BCUT2D eigenvalue weighted by molar-refractivity contribution is 5.74. The van der Waals surface area contributed by atoms with Crippen LogP contribution in [0.2, 0.25) is 0 Å². The van der Waals surface area contributed by atoms with Crippen LogP contribution in [0.15, 0.2) is 11.0 Å². The molecule has 1 saturated carbocycles. The Morgan fingerprint density at radius 1 is 1.26 bits per heavy atom. The number of nitrogens with zero attached hydrogens (tertiary/aromatic N) is 3. The zero-order valence-electron chi connectivity index (χ0n) is 14.5. The van der Waals surface area contributed by atoms with Crippen molar-refractivity contribution in [2.75, 3.05) is 5.32 Å². The molecule has 1 fully saturated rings. The van der Waals surface area contributed by atoms with E-state index in [2.05, 4.69) is 48.1 Å². The van der Waals surface area contributed by atoms with Crippen molar-refractivity contribution in [2.45, 2.75) is 71.4 Å². The Balaban J connectivity index is 1.91. The molecular formula is C17H27N5O. The number of anilines is 1. The lowest BCUT2D eigenvalue weighted by atomic mass is 10.0. The number of aromatic amines is 1. The molecule has 2 unspecified atom stereocenters. The summed E-state index contributed by atoms with van der Waals surface area (Å²) in [5.41, 5.74) is 0.304. The summed E-state index contributed by atoms with van der Waals surface area (Å²) in [6.07, 6.45) is 7.60. The summed E-state index contributed by atoms with van der Waals surface area (Å²) in [6, 6.07) is 0.381. The number of nitrogens with one attached hydrogen (secondary N) is 2. The van der Waals surface area contributed by atoms with E-state index in [9.17, 15) is 4.79 Å². The van der Waals surface area contributed by atoms with Crippen LogP contribution in [-0.4, -0.2) is 25.8 Å². The molecule has 0 saturated heterocycles. The lowest BCUT2D eigenvalue weighted by Gasteiger charge is -2.20. The first-order valence-corrected chi connectivity index (χ1v) is 8.59. The van der Waals surface area contributed by atoms with Crippen LogP contribution in [-0.2, 0) is 5.54 Å². The molecule has 2 aromatic heterocycles. The van der Waals surface area contributed by atoms with Gasteiger partial charge in [-0.05, 0) is 46.0 Å². The summed E-state index contributed by atoms with van der Waals surface area (Å²) in [7, 11) is 0. The number of hydrogen-bond acceptors (Lipinski definition) is 4. The van der Waals surface area contributed by atoms with Gasteiger partial charge in [-0.15, -0.1) is 0 Å². The van der Waals surface area contributed by atoms with Gasteiger partial charge < -0.3 is 5.32 Å². The summed E-state index contributed by atoms with van der Waals surface area (Å²) in [4.78, 5) is 19.8. The maximum Gasteiger partial charge on any atom is 0.263 e. The molecule has 2 heterocycles. The van der Waals surface area contributed by atoms with Crippen molar-refractivity contribution in [3.05, 3.63) is 16.6 Å². The lowest BCUT2D eigenvalue weighted by Crippen LogP contribution is -2.26. The summed E-state index contributed by atoms with van der Waals surface area (Å²) in [6.45, 7) is 8.49. The molecule has 2 atom stereocenters. The zero-order chi connectivity index (χ0) is 16.6. The minimum atomic E-state index is -0.211. The van der Waals surface area contributed by atoms with Gasteiger partial charge in [-0.1, -0.05) is 19.8 Å². The van der Waals surface area contributed by atoms with Crippen LogP contribution in [0.25, 0.3) is 11.0 Å². The van der Waals surface area contributed by atoms with Crippen LogP contribution in [0.4, 0.5) is 5.95 Å². The topological polar surface area (TPSA) is 75.6 Å². The third kappa shape index (κ3) is 3.41. The van der Waals surface area contributed by atoms with Gasteiger partial charge in [0.05, 0.1) is 11.7 Å². The molecule has 0 amide bonds. The Bertz CT molecular complexity index is 740. The number of rotatable bonds is 2. The number of H-pyrrole nitrogens is 1. The summed E-state index contributed by atoms with van der Waals surface area (Å²) >= 11 is 0. The van der Waals surface area contributed by atoms with Crippen molar-refractivity contribution < 1.29 is 0 Å². The van der Waals surface area contributed by atoms with Crippen molar-refractivity contribution in [3.63, 3.8) is 0 Å². The highest BCUT2D eigenvalue weighted by Crippen LogP contribution is 2.25. The van der Waals surface area contributed by atoms with Crippen molar-refractivity contribution >= 4 is 17.0 Å². The minimum absolute atomic E-state index is 0.130. The molecule has 0 radical (unpaired) electrons. The lowest BCUT2D eigenvalue weighted by molar-refractivity contribution is 0.366. The van der Waals surface area contributed by atoms with Crippen LogP contribution in [0.1, 0.15) is 59.8 Å². The van der Waals surface area contributed by atoms with Crippen LogP contribution >= 0.6 is 0 Å². The van der Waals surface area contributed by atoms with Gasteiger partial charge in [-0.3, -0.25) is 9.78 Å².